The van der Waals surface area contributed by atoms with Gasteiger partial charge in [0.15, 0.2) is 0 Å². The Labute approximate surface area is 117 Å². The summed E-state index contributed by atoms with van der Waals surface area (Å²) in [5.74, 6) is 1.45. The predicted molar refractivity (Wildman–Crippen MR) is 79.5 cm³/mol. The Kier molecular flexibility index (Phi) is 6.32. The van der Waals surface area contributed by atoms with Crippen molar-refractivity contribution in [2.45, 2.75) is 39.7 Å². The van der Waals surface area contributed by atoms with Crippen molar-refractivity contribution < 1.29 is 9.84 Å². The van der Waals surface area contributed by atoms with E-state index in [1.54, 1.807) is 0 Å². The lowest BCUT2D eigenvalue weighted by Gasteiger charge is -2.25. The summed E-state index contributed by atoms with van der Waals surface area (Å²) in [6, 6.07) is 7.72. The van der Waals surface area contributed by atoms with Gasteiger partial charge in [0.05, 0.1) is 12.2 Å². The third-order valence-corrected chi connectivity index (χ3v) is 3.11. The fourth-order valence-corrected chi connectivity index (χ4v) is 1.95. The van der Waals surface area contributed by atoms with Crippen LogP contribution < -0.4 is 10.1 Å². The number of rotatable bonds is 8. The van der Waals surface area contributed by atoms with Crippen molar-refractivity contribution >= 4 is 0 Å². The van der Waals surface area contributed by atoms with Crippen LogP contribution in [0.3, 0.4) is 0 Å². The van der Waals surface area contributed by atoms with E-state index >= 15 is 0 Å². The lowest BCUT2D eigenvalue weighted by Crippen LogP contribution is -2.29. The maximum Gasteiger partial charge on any atom is 0.119 e. The molecule has 3 heteroatoms. The van der Waals surface area contributed by atoms with Crippen LogP contribution in [-0.4, -0.2) is 24.8 Å². The van der Waals surface area contributed by atoms with Crippen LogP contribution in [0.25, 0.3) is 0 Å². The molecule has 108 valence electrons. The van der Waals surface area contributed by atoms with Crippen molar-refractivity contribution in [2.75, 3.05) is 19.7 Å². The smallest absolute Gasteiger partial charge is 0.119 e. The summed E-state index contributed by atoms with van der Waals surface area (Å²) in [5, 5.41) is 13.9. The second-order valence-electron chi connectivity index (χ2n) is 5.58. The van der Waals surface area contributed by atoms with Gasteiger partial charge in [-0.1, -0.05) is 26.0 Å². The molecule has 0 amide bonds. The Morgan fingerprint density at radius 3 is 2.74 bits per heavy atom. The molecule has 19 heavy (non-hydrogen) atoms. The van der Waals surface area contributed by atoms with Crippen molar-refractivity contribution in [3.63, 3.8) is 0 Å². The second kappa shape index (κ2) is 7.51. The SMILES string of the molecule is CCOc1cccc(C(C)(O)CCNCC(C)C)c1. The van der Waals surface area contributed by atoms with E-state index in [0.29, 0.717) is 18.9 Å². The minimum atomic E-state index is -0.822. The summed E-state index contributed by atoms with van der Waals surface area (Å²) in [6.45, 7) is 10.6. The first-order valence-corrected chi connectivity index (χ1v) is 7.12. The largest absolute Gasteiger partial charge is 0.494 e. The zero-order chi connectivity index (χ0) is 14.3. The van der Waals surface area contributed by atoms with Crippen LogP contribution in [0.2, 0.25) is 0 Å². The molecule has 1 aromatic rings. The van der Waals surface area contributed by atoms with E-state index < -0.39 is 5.60 Å². The molecule has 0 radical (unpaired) electrons. The number of hydrogen-bond acceptors (Lipinski definition) is 3. The van der Waals surface area contributed by atoms with E-state index in [9.17, 15) is 5.11 Å². The number of hydrogen-bond donors (Lipinski definition) is 2. The molecule has 0 aliphatic carbocycles. The van der Waals surface area contributed by atoms with Gasteiger partial charge in [-0.05, 0) is 57.0 Å². The summed E-state index contributed by atoms with van der Waals surface area (Å²) in [6.07, 6.45) is 0.690. The molecule has 3 nitrogen and oxygen atoms in total. The van der Waals surface area contributed by atoms with Gasteiger partial charge in [-0.25, -0.2) is 0 Å². The van der Waals surface area contributed by atoms with E-state index in [4.69, 9.17) is 4.74 Å². The van der Waals surface area contributed by atoms with Crippen LogP contribution in [0.15, 0.2) is 24.3 Å². The first-order chi connectivity index (χ1) is 8.95. The normalized spacial score (nSPS) is 14.4. The third-order valence-electron chi connectivity index (χ3n) is 3.11. The summed E-state index contributed by atoms with van der Waals surface area (Å²) >= 11 is 0. The zero-order valence-electron chi connectivity index (χ0n) is 12.6. The summed E-state index contributed by atoms with van der Waals surface area (Å²) in [5.41, 5.74) is 0.0849. The first kappa shape index (κ1) is 16.0. The highest BCUT2D eigenvalue weighted by molar-refractivity contribution is 5.32. The Morgan fingerprint density at radius 2 is 2.11 bits per heavy atom. The van der Waals surface area contributed by atoms with Crippen molar-refractivity contribution in [3.05, 3.63) is 29.8 Å². The van der Waals surface area contributed by atoms with Gasteiger partial charge in [0, 0.05) is 0 Å². The van der Waals surface area contributed by atoms with Crippen LogP contribution in [0, 0.1) is 5.92 Å². The average molecular weight is 265 g/mol. The molecule has 1 atom stereocenters. The van der Waals surface area contributed by atoms with Gasteiger partial charge >= 0.3 is 0 Å². The van der Waals surface area contributed by atoms with Gasteiger partial charge in [-0.3, -0.25) is 0 Å². The van der Waals surface area contributed by atoms with Crippen LogP contribution in [0.1, 0.15) is 39.7 Å². The molecule has 0 spiro atoms. The quantitative estimate of drug-likeness (QED) is 0.710. The van der Waals surface area contributed by atoms with Crippen LogP contribution >= 0.6 is 0 Å². The topological polar surface area (TPSA) is 41.5 Å². The van der Waals surface area contributed by atoms with Gasteiger partial charge in [0.25, 0.3) is 0 Å². The van der Waals surface area contributed by atoms with Crippen molar-refractivity contribution in [1.82, 2.24) is 5.32 Å². The highest BCUT2D eigenvalue weighted by atomic mass is 16.5. The minimum absolute atomic E-state index is 0.631. The Hall–Kier alpha value is -1.06. The van der Waals surface area contributed by atoms with E-state index in [-0.39, 0.29) is 0 Å². The lowest BCUT2D eigenvalue weighted by atomic mass is 9.92. The predicted octanol–water partition coefficient (Wildman–Crippen LogP) is 2.93. The molecule has 0 saturated heterocycles. The molecular formula is C16H27NO2. The Bertz CT molecular complexity index is 375. The van der Waals surface area contributed by atoms with E-state index in [0.717, 1.165) is 24.4 Å². The van der Waals surface area contributed by atoms with Crippen molar-refractivity contribution in [2.24, 2.45) is 5.92 Å². The highest BCUT2D eigenvalue weighted by Crippen LogP contribution is 2.27. The maximum absolute atomic E-state index is 10.5. The van der Waals surface area contributed by atoms with Gasteiger partial charge in [-0.15, -0.1) is 0 Å². The standard InChI is InChI=1S/C16H27NO2/c1-5-19-15-8-6-7-14(11-15)16(4,18)9-10-17-12-13(2)3/h6-8,11,13,17-18H,5,9-10,12H2,1-4H3. The molecule has 2 N–H and O–H groups in total. The number of aliphatic hydroxyl groups is 1. The molecule has 0 fully saturated rings. The van der Waals surface area contributed by atoms with E-state index in [1.807, 2.05) is 38.1 Å². The maximum atomic E-state index is 10.5. The molecule has 1 unspecified atom stereocenters. The highest BCUT2D eigenvalue weighted by Gasteiger charge is 2.22. The molecule has 0 saturated carbocycles. The Balaban J connectivity index is 2.57. The number of benzene rings is 1. The summed E-state index contributed by atoms with van der Waals surface area (Å²) < 4.78 is 5.47. The van der Waals surface area contributed by atoms with Gasteiger partial charge in [0.1, 0.15) is 5.75 Å². The molecule has 1 aromatic carbocycles. The lowest BCUT2D eigenvalue weighted by molar-refractivity contribution is 0.0476. The molecule has 1 rings (SSSR count). The van der Waals surface area contributed by atoms with Gasteiger partial charge in [-0.2, -0.15) is 0 Å². The monoisotopic (exact) mass is 265 g/mol. The third kappa shape index (κ3) is 5.62. The molecule has 0 aromatic heterocycles. The second-order valence-corrected chi connectivity index (χ2v) is 5.58. The summed E-state index contributed by atoms with van der Waals surface area (Å²) in [7, 11) is 0. The fraction of sp³-hybridized carbons (Fsp3) is 0.625. The van der Waals surface area contributed by atoms with Crippen LogP contribution in [-0.2, 0) is 5.60 Å². The van der Waals surface area contributed by atoms with E-state index in [1.165, 1.54) is 0 Å². The zero-order valence-corrected chi connectivity index (χ0v) is 12.6. The first-order valence-electron chi connectivity index (χ1n) is 7.12. The molecule has 0 heterocycles. The summed E-state index contributed by atoms with van der Waals surface area (Å²) in [4.78, 5) is 0. The van der Waals surface area contributed by atoms with Crippen LogP contribution in [0.4, 0.5) is 0 Å². The fourth-order valence-electron chi connectivity index (χ4n) is 1.95. The molecule has 0 bridgehead atoms. The molecule has 0 aliphatic heterocycles. The Morgan fingerprint density at radius 1 is 1.37 bits per heavy atom. The van der Waals surface area contributed by atoms with Crippen molar-refractivity contribution in [3.8, 4) is 5.75 Å². The van der Waals surface area contributed by atoms with Gasteiger partial charge in [0.2, 0.25) is 0 Å². The molecular weight excluding hydrogens is 238 g/mol. The molecule has 0 aliphatic rings. The van der Waals surface area contributed by atoms with Gasteiger partial charge < -0.3 is 15.2 Å². The van der Waals surface area contributed by atoms with E-state index in [2.05, 4.69) is 19.2 Å². The number of ether oxygens (including phenoxy) is 1. The van der Waals surface area contributed by atoms with Crippen molar-refractivity contribution in [1.29, 1.82) is 0 Å². The number of nitrogens with one attached hydrogen (secondary N) is 1. The average Bonchev–Trinajstić information content (AvgIpc) is 2.35. The van der Waals surface area contributed by atoms with Crippen LogP contribution in [0.5, 0.6) is 5.75 Å². The minimum Gasteiger partial charge on any atom is -0.494 e.